The normalized spacial score (nSPS) is 10.5. The summed E-state index contributed by atoms with van der Waals surface area (Å²) in [6.07, 6.45) is 1.18. The SMILES string of the molecule is CCOc1cccc(/C=N\NC(=O)c2cc(OC)c(OC)c(OC)c2[N+](=O)[O-])c1O. The second-order valence-corrected chi connectivity index (χ2v) is 5.62. The molecular weight excluding hydrogens is 398 g/mol. The molecule has 0 spiro atoms. The van der Waals surface area contributed by atoms with Crippen LogP contribution in [-0.2, 0) is 0 Å². The lowest BCUT2D eigenvalue weighted by Gasteiger charge is -2.14. The van der Waals surface area contributed by atoms with Crippen LogP contribution in [0.4, 0.5) is 5.69 Å². The summed E-state index contributed by atoms with van der Waals surface area (Å²) in [5.41, 5.74) is 1.51. The maximum atomic E-state index is 12.6. The molecular formula is C19H21N3O8. The van der Waals surface area contributed by atoms with Gasteiger partial charge in [-0.15, -0.1) is 0 Å². The molecule has 2 aromatic carbocycles. The van der Waals surface area contributed by atoms with Gasteiger partial charge in [-0.2, -0.15) is 5.10 Å². The summed E-state index contributed by atoms with van der Waals surface area (Å²) in [6, 6.07) is 5.92. The molecule has 2 rings (SSSR count). The van der Waals surface area contributed by atoms with Crippen LogP contribution in [0.15, 0.2) is 29.4 Å². The molecule has 0 aromatic heterocycles. The number of phenolic OH excluding ortho intramolecular Hbond substituents is 1. The molecule has 0 saturated carbocycles. The van der Waals surface area contributed by atoms with Crippen molar-refractivity contribution in [2.75, 3.05) is 27.9 Å². The molecule has 30 heavy (non-hydrogen) atoms. The van der Waals surface area contributed by atoms with E-state index in [1.807, 2.05) is 0 Å². The molecule has 0 aliphatic heterocycles. The minimum Gasteiger partial charge on any atom is -0.504 e. The molecule has 0 aliphatic carbocycles. The minimum atomic E-state index is -0.891. The van der Waals surface area contributed by atoms with Gasteiger partial charge in [-0.25, -0.2) is 5.43 Å². The number of benzene rings is 2. The second-order valence-electron chi connectivity index (χ2n) is 5.62. The van der Waals surface area contributed by atoms with Crippen molar-refractivity contribution in [1.29, 1.82) is 0 Å². The Morgan fingerprint density at radius 3 is 2.47 bits per heavy atom. The Balaban J connectivity index is 2.39. The number of hydrogen-bond acceptors (Lipinski definition) is 9. The van der Waals surface area contributed by atoms with Crippen LogP contribution in [-0.4, -0.2) is 50.1 Å². The van der Waals surface area contributed by atoms with Gasteiger partial charge in [0, 0.05) is 11.6 Å². The zero-order valence-electron chi connectivity index (χ0n) is 16.8. The smallest absolute Gasteiger partial charge is 0.327 e. The first kappa shape index (κ1) is 22.3. The van der Waals surface area contributed by atoms with E-state index in [2.05, 4.69) is 10.5 Å². The number of methoxy groups -OCH3 is 3. The molecule has 0 atom stereocenters. The van der Waals surface area contributed by atoms with E-state index in [-0.39, 0.29) is 39.9 Å². The van der Waals surface area contributed by atoms with Gasteiger partial charge in [0.05, 0.1) is 39.1 Å². The molecule has 0 fully saturated rings. The number of nitrogens with one attached hydrogen (secondary N) is 1. The van der Waals surface area contributed by atoms with E-state index in [1.165, 1.54) is 27.5 Å². The quantitative estimate of drug-likeness (QED) is 0.359. The van der Waals surface area contributed by atoms with Crippen LogP contribution in [0.5, 0.6) is 28.7 Å². The third-order valence-electron chi connectivity index (χ3n) is 3.93. The predicted molar refractivity (Wildman–Crippen MR) is 107 cm³/mol. The van der Waals surface area contributed by atoms with Gasteiger partial charge in [-0.05, 0) is 19.1 Å². The fourth-order valence-corrected chi connectivity index (χ4v) is 2.63. The van der Waals surface area contributed by atoms with E-state index >= 15 is 0 Å². The first-order valence-corrected chi connectivity index (χ1v) is 8.65. The van der Waals surface area contributed by atoms with Crippen molar-refractivity contribution in [3.8, 4) is 28.7 Å². The molecule has 0 saturated heterocycles. The van der Waals surface area contributed by atoms with E-state index in [0.717, 1.165) is 6.07 Å². The van der Waals surface area contributed by atoms with Crippen LogP contribution in [0.3, 0.4) is 0 Å². The van der Waals surface area contributed by atoms with Crippen LogP contribution >= 0.6 is 0 Å². The lowest BCUT2D eigenvalue weighted by Crippen LogP contribution is -2.20. The summed E-state index contributed by atoms with van der Waals surface area (Å²) in [6.45, 7) is 2.13. The van der Waals surface area contributed by atoms with Crippen molar-refractivity contribution in [1.82, 2.24) is 5.43 Å². The Kier molecular flexibility index (Phi) is 7.39. The van der Waals surface area contributed by atoms with E-state index in [0.29, 0.717) is 6.61 Å². The standard InChI is InChI=1S/C19H21N3O8/c1-5-30-13-8-6-7-11(16(13)23)10-20-21-19(24)12-9-14(27-2)17(28-3)18(29-4)15(12)22(25)26/h6-10,23H,5H2,1-4H3,(H,21,24)/b20-10-. The minimum absolute atomic E-state index is 0.0237. The van der Waals surface area contributed by atoms with E-state index in [9.17, 15) is 20.0 Å². The van der Waals surface area contributed by atoms with Gasteiger partial charge >= 0.3 is 5.69 Å². The first-order valence-electron chi connectivity index (χ1n) is 8.65. The number of ether oxygens (including phenoxy) is 4. The Bertz CT molecular complexity index is 975. The summed E-state index contributed by atoms with van der Waals surface area (Å²) in [4.78, 5) is 23.4. The van der Waals surface area contributed by atoms with Crippen LogP contribution in [0.2, 0.25) is 0 Å². The number of phenols is 1. The van der Waals surface area contributed by atoms with Crippen molar-refractivity contribution in [2.24, 2.45) is 5.10 Å². The number of carbonyl (C=O) groups excluding carboxylic acids is 1. The summed E-state index contributed by atoms with van der Waals surface area (Å²) < 4.78 is 20.6. The Hall–Kier alpha value is -4.02. The average Bonchev–Trinajstić information content (AvgIpc) is 2.74. The van der Waals surface area contributed by atoms with Gasteiger partial charge in [-0.3, -0.25) is 14.9 Å². The Labute approximate surface area is 172 Å². The fraction of sp³-hybridized carbons (Fsp3) is 0.263. The Morgan fingerprint density at radius 2 is 1.90 bits per heavy atom. The summed E-state index contributed by atoms with van der Waals surface area (Å²) in [5, 5.41) is 25.5. The fourth-order valence-electron chi connectivity index (χ4n) is 2.63. The van der Waals surface area contributed by atoms with Gasteiger partial charge in [0.1, 0.15) is 5.56 Å². The predicted octanol–water partition coefficient (Wildman–Crippen LogP) is 2.49. The number of hydrazone groups is 1. The number of hydrogen-bond donors (Lipinski definition) is 2. The molecule has 2 N–H and O–H groups in total. The third-order valence-corrected chi connectivity index (χ3v) is 3.93. The molecule has 0 bridgehead atoms. The topological polar surface area (TPSA) is 142 Å². The summed E-state index contributed by atoms with van der Waals surface area (Å²) in [7, 11) is 3.81. The third kappa shape index (κ3) is 4.51. The van der Waals surface area contributed by atoms with E-state index in [1.54, 1.807) is 25.1 Å². The molecule has 0 radical (unpaired) electrons. The highest BCUT2D eigenvalue weighted by molar-refractivity contribution is 6.01. The number of rotatable bonds is 9. The van der Waals surface area contributed by atoms with E-state index < -0.39 is 16.5 Å². The summed E-state index contributed by atoms with van der Waals surface area (Å²) >= 11 is 0. The molecule has 2 aromatic rings. The van der Waals surface area contributed by atoms with Crippen molar-refractivity contribution in [2.45, 2.75) is 6.92 Å². The number of nitro groups is 1. The zero-order chi connectivity index (χ0) is 22.3. The van der Waals surface area contributed by atoms with Crippen molar-refractivity contribution in [3.05, 3.63) is 45.5 Å². The van der Waals surface area contributed by atoms with Gasteiger partial charge < -0.3 is 24.1 Å². The van der Waals surface area contributed by atoms with E-state index in [4.69, 9.17) is 18.9 Å². The number of nitro benzene ring substituents is 1. The number of carbonyl (C=O) groups is 1. The van der Waals surface area contributed by atoms with Gasteiger partial charge in [0.2, 0.25) is 11.5 Å². The van der Waals surface area contributed by atoms with Crippen LogP contribution < -0.4 is 24.4 Å². The molecule has 160 valence electrons. The number of nitrogens with zero attached hydrogens (tertiary/aromatic N) is 2. The number of amides is 1. The van der Waals surface area contributed by atoms with Crippen LogP contribution in [0.1, 0.15) is 22.8 Å². The largest absolute Gasteiger partial charge is 0.504 e. The Morgan fingerprint density at radius 1 is 1.20 bits per heavy atom. The lowest BCUT2D eigenvalue weighted by molar-refractivity contribution is -0.386. The molecule has 1 amide bonds. The monoisotopic (exact) mass is 419 g/mol. The maximum absolute atomic E-state index is 12.6. The number of para-hydroxylation sites is 1. The van der Waals surface area contributed by atoms with Crippen molar-refractivity contribution >= 4 is 17.8 Å². The van der Waals surface area contributed by atoms with Crippen LogP contribution in [0, 0.1) is 10.1 Å². The van der Waals surface area contributed by atoms with Crippen molar-refractivity contribution in [3.63, 3.8) is 0 Å². The molecule has 11 heteroatoms. The van der Waals surface area contributed by atoms with Crippen molar-refractivity contribution < 1.29 is 33.8 Å². The average molecular weight is 419 g/mol. The maximum Gasteiger partial charge on any atom is 0.327 e. The van der Waals surface area contributed by atoms with Gasteiger partial charge in [0.25, 0.3) is 5.91 Å². The number of aromatic hydroxyl groups is 1. The molecule has 11 nitrogen and oxygen atoms in total. The van der Waals surface area contributed by atoms with Crippen LogP contribution in [0.25, 0.3) is 0 Å². The van der Waals surface area contributed by atoms with Gasteiger partial charge in [-0.1, -0.05) is 6.07 Å². The second kappa shape index (κ2) is 9.96. The lowest BCUT2D eigenvalue weighted by atomic mass is 10.1. The molecule has 0 unspecified atom stereocenters. The molecule has 0 aliphatic rings. The highest BCUT2D eigenvalue weighted by Gasteiger charge is 2.32. The first-order chi connectivity index (χ1) is 14.4. The highest BCUT2D eigenvalue weighted by atomic mass is 16.6. The summed E-state index contributed by atoms with van der Waals surface area (Å²) in [5.74, 6) is -1.01. The molecule has 0 heterocycles. The van der Waals surface area contributed by atoms with Gasteiger partial charge in [0.15, 0.2) is 17.2 Å². The zero-order valence-corrected chi connectivity index (χ0v) is 16.8. The highest BCUT2D eigenvalue weighted by Crippen LogP contribution is 2.46.